The highest BCUT2D eigenvalue weighted by Gasteiger charge is 2.07. The van der Waals surface area contributed by atoms with Crippen LogP contribution in [0.2, 0.25) is 0 Å². The maximum Gasteiger partial charge on any atom is 0.309 e. The Balaban J connectivity index is 1.36. The lowest BCUT2D eigenvalue weighted by Crippen LogP contribution is -2.11. The van der Waals surface area contributed by atoms with E-state index in [2.05, 4.69) is 4.98 Å². The summed E-state index contributed by atoms with van der Waals surface area (Å²) in [5.74, 6) is 1.19. The Morgan fingerprint density at radius 1 is 1.04 bits per heavy atom. The van der Waals surface area contributed by atoms with E-state index in [1.807, 2.05) is 36.4 Å². The van der Waals surface area contributed by atoms with Gasteiger partial charge in [-0.1, -0.05) is 12.1 Å². The van der Waals surface area contributed by atoms with Gasteiger partial charge in [0.25, 0.3) is 0 Å². The maximum atomic E-state index is 11.8. The smallest absolute Gasteiger partial charge is 0.309 e. The number of carbonyl (C=O) groups excluding carboxylic acids is 1. The number of carbonyl (C=O) groups is 1. The van der Waals surface area contributed by atoms with Crippen molar-refractivity contribution in [1.29, 1.82) is 0 Å². The molecule has 1 heterocycles. The second-order valence-corrected chi connectivity index (χ2v) is 6.43. The quantitative estimate of drug-likeness (QED) is 0.573. The molecule has 130 valence electrons. The van der Waals surface area contributed by atoms with Gasteiger partial charge in [-0.25, -0.2) is 4.98 Å². The number of hydrogen-bond donors (Lipinski definition) is 0. The highest BCUT2D eigenvalue weighted by molar-refractivity contribution is 7.18. The summed E-state index contributed by atoms with van der Waals surface area (Å²) in [4.78, 5) is 16.3. The van der Waals surface area contributed by atoms with Crippen LogP contribution in [-0.4, -0.2) is 31.3 Å². The third kappa shape index (κ3) is 4.93. The van der Waals surface area contributed by atoms with Crippen molar-refractivity contribution in [2.45, 2.75) is 12.8 Å². The van der Waals surface area contributed by atoms with Crippen LogP contribution in [0.3, 0.4) is 0 Å². The lowest BCUT2D eigenvalue weighted by molar-refractivity contribution is -0.144. The van der Waals surface area contributed by atoms with Crippen molar-refractivity contribution in [2.24, 2.45) is 0 Å². The Morgan fingerprint density at radius 3 is 2.56 bits per heavy atom. The van der Waals surface area contributed by atoms with Crippen molar-refractivity contribution < 1.29 is 19.0 Å². The van der Waals surface area contributed by atoms with E-state index in [0.29, 0.717) is 18.8 Å². The van der Waals surface area contributed by atoms with Crippen molar-refractivity contribution in [1.82, 2.24) is 4.98 Å². The first-order valence-electron chi connectivity index (χ1n) is 8.01. The van der Waals surface area contributed by atoms with Gasteiger partial charge in [-0.15, -0.1) is 11.3 Å². The van der Waals surface area contributed by atoms with Crippen LogP contribution in [-0.2, 0) is 16.0 Å². The molecular weight excluding hydrogens is 338 g/mol. The van der Waals surface area contributed by atoms with Crippen LogP contribution in [0.25, 0.3) is 10.2 Å². The number of methoxy groups -OCH3 is 1. The third-order valence-corrected chi connectivity index (χ3v) is 4.65. The van der Waals surface area contributed by atoms with Crippen LogP contribution >= 0.6 is 11.3 Å². The van der Waals surface area contributed by atoms with Gasteiger partial charge in [0.05, 0.1) is 42.0 Å². The molecule has 1 aromatic heterocycles. The molecule has 0 aliphatic heterocycles. The highest BCUT2D eigenvalue weighted by Crippen LogP contribution is 2.21. The fourth-order valence-corrected chi connectivity index (χ4v) is 3.22. The Kier molecular flexibility index (Phi) is 5.85. The molecule has 3 rings (SSSR count). The number of nitrogens with zero attached hydrogens (tertiary/aromatic N) is 1. The number of para-hydroxylation sites is 1. The molecule has 0 fully saturated rings. The van der Waals surface area contributed by atoms with E-state index in [0.717, 1.165) is 21.0 Å². The average Bonchev–Trinajstić information content (AvgIpc) is 3.05. The van der Waals surface area contributed by atoms with Crippen LogP contribution in [0, 0.1) is 0 Å². The van der Waals surface area contributed by atoms with E-state index in [1.54, 1.807) is 30.6 Å². The predicted octanol–water partition coefficient (Wildman–Crippen LogP) is 3.86. The Labute approximate surface area is 150 Å². The number of benzene rings is 2. The average molecular weight is 357 g/mol. The van der Waals surface area contributed by atoms with Crippen LogP contribution in [0.15, 0.2) is 48.5 Å². The van der Waals surface area contributed by atoms with E-state index >= 15 is 0 Å². The zero-order chi connectivity index (χ0) is 17.5. The van der Waals surface area contributed by atoms with Gasteiger partial charge in [0, 0.05) is 6.42 Å². The lowest BCUT2D eigenvalue weighted by atomic mass is 10.3. The summed E-state index contributed by atoms with van der Waals surface area (Å²) in [6.07, 6.45) is 0.844. The molecule has 0 saturated carbocycles. The minimum absolute atomic E-state index is 0.214. The van der Waals surface area contributed by atoms with E-state index in [9.17, 15) is 4.79 Å². The van der Waals surface area contributed by atoms with Crippen molar-refractivity contribution in [3.05, 3.63) is 53.5 Å². The summed E-state index contributed by atoms with van der Waals surface area (Å²) >= 11 is 1.63. The zero-order valence-corrected chi connectivity index (χ0v) is 14.8. The molecule has 0 bridgehead atoms. The molecule has 6 heteroatoms. The van der Waals surface area contributed by atoms with Crippen LogP contribution in [0.5, 0.6) is 11.5 Å². The molecule has 0 N–H and O–H groups in total. The second kappa shape index (κ2) is 8.48. The number of ether oxygens (including phenoxy) is 3. The summed E-state index contributed by atoms with van der Waals surface area (Å²) in [5, 5.41) is 0.975. The number of aromatic nitrogens is 1. The summed E-state index contributed by atoms with van der Waals surface area (Å²) in [6, 6.07) is 15.2. The number of thiazole rings is 1. The molecule has 0 radical (unpaired) electrons. The topological polar surface area (TPSA) is 57.7 Å². The van der Waals surface area contributed by atoms with E-state index in [-0.39, 0.29) is 19.0 Å². The van der Waals surface area contributed by atoms with Gasteiger partial charge >= 0.3 is 5.97 Å². The van der Waals surface area contributed by atoms with Gasteiger partial charge in [-0.3, -0.25) is 4.79 Å². The Hall–Kier alpha value is -2.60. The van der Waals surface area contributed by atoms with E-state index in [4.69, 9.17) is 14.2 Å². The first-order valence-corrected chi connectivity index (χ1v) is 8.83. The maximum absolute atomic E-state index is 11.8. The fraction of sp³-hybridized carbons (Fsp3) is 0.263. The van der Waals surface area contributed by atoms with Gasteiger partial charge in [-0.05, 0) is 36.4 Å². The molecule has 3 aromatic rings. The van der Waals surface area contributed by atoms with Crippen molar-refractivity contribution in [3.8, 4) is 11.5 Å². The van der Waals surface area contributed by atoms with Crippen molar-refractivity contribution in [3.63, 3.8) is 0 Å². The molecule has 0 spiro atoms. The molecule has 2 aromatic carbocycles. The van der Waals surface area contributed by atoms with Gasteiger partial charge in [0.1, 0.15) is 11.5 Å². The van der Waals surface area contributed by atoms with E-state index < -0.39 is 0 Å². The normalized spacial score (nSPS) is 10.6. The van der Waals surface area contributed by atoms with Crippen molar-refractivity contribution in [2.75, 3.05) is 20.3 Å². The molecule has 25 heavy (non-hydrogen) atoms. The number of fused-ring (bicyclic) bond motifs is 1. The summed E-state index contributed by atoms with van der Waals surface area (Å²) in [6.45, 7) is 0.619. The fourth-order valence-electron chi connectivity index (χ4n) is 2.28. The summed E-state index contributed by atoms with van der Waals surface area (Å²) < 4.78 is 17.0. The standard InChI is InChI=1S/C19H19NO4S/c1-22-14-6-8-15(9-7-14)23-13-11-19(21)24-12-10-18-20-16-4-2-3-5-17(16)25-18/h2-9H,10-13H2,1H3. The minimum Gasteiger partial charge on any atom is -0.497 e. The van der Waals surface area contributed by atoms with Crippen LogP contribution < -0.4 is 9.47 Å². The highest BCUT2D eigenvalue weighted by atomic mass is 32.1. The minimum atomic E-state index is -0.269. The van der Waals surface area contributed by atoms with E-state index in [1.165, 1.54) is 0 Å². The molecule has 0 atom stereocenters. The van der Waals surface area contributed by atoms with Crippen LogP contribution in [0.1, 0.15) is 11.4 Å². The summed E-state index contributed by atoms with van der Waals surface area (Å²) in [5.41, 5.74) is 0.988. The van der Waals surface area contributed by atoms with Gasteiger partial charge in [0.15, 0.2) is 0 Å². The van der Waals surface area contributed by atoms with Gasteiger partial charge in [-0.2, -0.15) is 0 Å². The molecule has 0 aliphatic carbocycles. The van der Waals surface area contributed by atoms with Crippen LogP contribution in [0.4, 0.5) is 0 Å². The molecule has 0 unspecified atom stereocenters. The largest absolute Gasteiger partial charge is 0.497 e. The Bertz CT molecular complexity index is 796. The Morgan fingerprint density at radius 2 is 1.80 bits per heavy atom. The predicted molar refractivity (Wildman–Crippen MR) is 97.4 cm³/mol. The van der Waals surface area contributed by atoms with Gasteiger partial charge < -0.3 is 14.2 Å². The zero-order valence-electron chi connectivity index (χ0n) is 13.9. The third-order valence-electron chi connectivity index (χ3n) is 3.55. The van der Waals surface area contributed by atoms with Crippen molar-refractivity contribution >= 4 is 27.5 Å². The monoisotopic (exact) mass is 357 g/mol. The summed E-state index contributed by atoms with van der Waals surface area (Å²) in [7, 11) is 1.61. The van der Waals surface area contributed by atoms with Gasteiger partial charge in [0.2, 0.25) is 0 Å². The number of esters is 1. The molecular formula is C19H19NO4S. The first-order chi connectivity index (χ1) is 12.2. The number of hydrogen-bond acceptors (Lipinski definition) is 6. The molecule has 0 aliphatic rings. The molecule has 0 saturated heterocycles. The number of rotatable bonds is 8. The lowest BCUT2D eigenvalue weighted by Gasteiger charge is -2.07. The molecule has 5 nitrogen and oxygen atoms in total. The molecule has 0 amide bonds. The first kappa shape index (κ1) is 17.2. The second-order valence-electron chi connectivity index (χ2n) is 5.32. The SMILES string of the molecule is COc1ccc(OCCC(=O)OCCc2nc3ccccc3s2)cc1.